The molecule has 0 fully saturated rings. The van der Waals surface area contributed by atoms with Gasteiger partial charge in [-0.25, -0.2) is 9.78 Å². The van der Waals surface area contributed by atoms with Gasteiger partial charge in [-0.3, -0.25) is 0 Å². The van der Waals surface area contributed by atoms with E-state index in [1.165, 1.54) is 11.3 Å². The number of aromatic nitrogens is 1. The summed E-state index contributed by atoms with van der Waals surface area (Å²) in [6.45, 7) is 13.0. The summed E-state index contributed by atoms with van der Waals surface area (Å²) < 4.78 is 6.58. The lowest BCUT2D eigenvalue weighted by atomic mass is 10.2. The summed E-state index contributed by atoms with van der Waals surface area (Å²) in [4.78, 5) is 17.1. The van der Waals surface area contributed by atoms with Crippen LogP contribution < -0.4 is 5.32 Å². The minimum absolute atomic E-state index is 0.0965. The van der Waals surface area contributed by atoms with Gasteiger partial charge in [-0.15, -0.1) is 11.3 Å². The first-order valence-corrected chi connectivity index (χ1v) is 12.5. The molecule has 2 N–H and O–H groups in total. The van der Waals surface area contributed by atoms with Crippen molar-refractivity contribution < 1.29 is 14.3 Å². The summed E-state index contributed by atoms with van der Waals surface area (Å²) >= 11 is 1.33. The van der Waals surface area contributed by atoms with Crippen LogP contribution in [0.15, 0.2) is 5.38 Å². The van der Waals surface area contributed by atoms with Crippen LogP contribution in [-0.4, -0.2) is 62.6 Å². The van der Waals surface area contributed by atoms with Gasteiger partial charge in [-0.05, 0) is 45.1 Å². The molecule has 0 aromatic carbocycles. The Morgan fingerprint density at radius 2 is 2.08 bits per heavy atom. The fourth-order valence-corrected chi connectivity index (χ4v) is 4.26. The second kappa shape index (κ2) is 9.11. The average molecular weight is 388 g/mol. The highest BCUT2D eigenvalue weighted by Crippen LogP contribution is 2.37. The van der Waals surface area contributed by atoms with E-state index < -0.39 is 14.3 Å². The molecule has 6 nitrogen and oxygen atoms in total. The first-order chi connectivity index (χ1) is 11.4. The molecule has 1 heterocycles. The van der Waals surface area contributed by atoms with Crippen molar-refractivity contribution in [3.63, 3.8) is 0 Å². The fraction of sp³-hybridized carbons (Fsp3) is 0.765. The molecular weight excluding hydrogens is 354 g/mol. The molecule has 1 atom stereocenters. The van der Waals surface area contributed by atoms with E-state index in [0.717, 1.165) is 25.9 Å². The molecule has 1 aromatic heterocycles. The minimum Gasteiger partial charge on any atom is -0.476 e. The maximum Gasteiger partial charge on any atom is 0.355 e. The monoisotopic (exact) mass is 387 g/mol. The van der Waals surface area contributed by atoms with Crippen molar-refractivity contribution in [3.8, 4) is 0 Å². The van der Waals surface area contributed by atoms with Crippen molar-refractivity contribution in [2.45, 2.75) is 57.8 Å². The molecule has 0 radical (unpaired) electrons. The van der Waals surface area contributed by atoms with Gasteiger partial charge in [0.2, 0.25) is 0 Å². The van der Waals surface area contributed by atoms with E-state index in [0.29, 0.717) is 5.13 Å². The van der Waals surface area contributed by atoms with Crippen LogP contribution in [0.3, 0.4) is 0 Å². The van der Waals surface area contributed by atoms with Crippen molar-refractivity contribution in [2.75, 3.05) is 32.5 Å². The lowest BCUT2D eigenvalue weighted by molar-refractivity contribution is 0.0691. The average Bonchev–Trinajstić information content (AvgIpc) is 2.90. The van der Waals surface area contributed by atoms with E-state index in [4.69, 9.17) is 9.53 Å². The van der Waals surface area contributed by atoms with E-state index >= 15 is 0 Å². The number of carboxylic acids is 1. The molecule has 1 rings (SSSR count). The molecule has 0 saturated carbocycles. The predicted molar refractivity (Wildman–Crippen MR) is 107 cm³/mol. The van der Waals surface area contributed by atoms with E-state index in [2.05, 4.69) is 63.2 Å². The standard InChI is InChI=1S/C17H33N3O3SSi/c1-17(2,3)25(6,7)23-13(11-20(4)5)9-8-10-18-16-19-14(12-24-16)15(21)22/h12-13H,8-11H2,1-7H3,(H,18,19)(H,21,22). The molecule has 8 heteroatoms. The summed E-state index contributed by atoms with van der Waals surface area (Å²) in [5, 5.41) is 14.5. The third kappa shape index (κ3) is 7.43. The number of hydrogen-bond acceptors (Lipinski definition) is 6. The number of anilines is 1. The largest absolute Gasteiger partial charge is 0.476 e. The van der Waals surface area contributed by atoms with Crippen LogP contribution >= 0.6 is 11.3 Å². The van der Waals surface area contributed by atoms with Gasteiger partial charge in [-0.1, -0.05) is 20.8 Å². The second-order valence-corrected chi connectivity index (χ2v) is 13.8. The van der Waals surface area contributed by atoms with Gasteiger partial charge in [0.1, 0.15) is 0 Å². The van der Waals surface area contributed by atoms with Gasteiger partial charge < -0.3 is 19.7 Å². The Hall–Kier alpha value is -0.963. The Morgan fingerprint density at radius 3 is 2.56 bits per heavy atom. The molecule has 144 valence electrons. The van der Waals surface area contributed by atoms with Gasteiger partial charge in [0.25, 0.3) is 0 Å². The normalized spacial score (nSPS) is 13.9. The summed E-state index contributed by atoms with van der Waals surface area (Å²) in [6, 6.07) is 0. The van der Waals surface area contributed by atoms with Crippen LogP contribution in [0.5, 0.6) is 0 Å². The molecule has 25 heavy (non-hydrogen) atoms. The number of nitrogens with zero attached hydrogens (tertiary/aromatic N) is 2. The van der Waals surface area contributed by atoms with Gasteiger partial charge in [-0.2, -0.15) is 0 Å². The Morgan fingerprint density at radius 1 is 1.44 bits per heavy atom. The Labute approximate surface area is 156 Å². The molecular formula is C17H33N3O3SSi. The van der Waals surface area contributed by atoms with Crippen molar-refractivity contribution in [3.05, 3.63) is 11.1 Å². The van der Waals surface area contributed by atoms with Crippen LogP contribution in [0.4, 0.5) is 5.13 Å². The van der Waals surface area contributed by atoms with Crippen LogP contribution in [-0.2, 0) is 4.43 Å². The third-order valence-electron chi connectivity index (χ3n) is 4.54. The molecule has 0 aliphatic carbocycles. The van der Waals surface area contributed by atoms with Crippen LogP contribution in [0, 0.1) is 0 Å². The van der Waals surface area contributed by atoms with Gasteiger partial charge in [0.05, 0.1) is 6.10 Å². The molecule has 0 amide bonds. The minimum atomic E-state index is -1.79. The highest BCUT2D eigenvalue weighted by Gasteiger charge is 2.39. The number of carbonyl (C=O) groups is 1. The maximum absolute atomic E-state index is 10.8. The van der Waals surface area contributed by atoms with Gasteiger partial charge in [0, 0.05) is 18.5 Å². The fourth-order valence-electron chi connectivity index (χ4n) is 2.17. The van der Waals surface area contributed by atoms with E-state index in [1.807, 2.05) is 0 Å². The highest BCUT2D eigenvalue weighted by atomic mass is 32.1. The number of carboxylic acid groups (broad SMARTS) is 1. The topological polar surface area (TPSA) is 74.7 Å². The molecule has 0 bridgehead atoms. The number of likely N-dealkylation sites (N-methyl/N-ethyl adjacent to an activating group) is 1. The van der Waals surface area contributed by atoms with Crippen molar-refractivity contribution in [1.82, 2.24) is 9.88 Å². The third-order valence-corrected chi connectivity index (χ3v) is 9.87. The van der Waals surface area contributed by atoms with Crippen LogP contribution in [0.25, 0.3) is 0 Å². The summed E-state index contributed by atoms with van der Waals surface area (Å²) in [6.07, 6.45) is 2.13. The molecule has 0 aliphatic rings. The quantitative estimate of drug-likeness (QED) is 0.467. The predicted octanol–water partition coefficient (Wildman–Crippen LogP) is 3.99. The van der Waals surface area contributed by atoms with Crippen molar-refractivity contribution >= 4 is 30.8 Å². The molecule has 1 unspecified atom stereocenters. The molecule has 0 spiro atoms. The summed E-state index contributed by atoms with van der Waals surface area (Å²) in [5.74, 6) is -0.988. The lowest BCUT2D eigenvalue weighted by Crippen LogP contribution is -2.46. The number of aromatic carboxylic acids is 1. The molecule has 0 aliphatic heterocycles. The first kappa shape index (κ1) is 22.1. The Bertz CT molecular complexity index is 556. The smallest absolute Gasteiger partial charge is 0.355 e. The van der Waals surface area contributed by atoms with Gasteiger partial charge in [0.15, 0.2) is 19.1 Å². The molecule has 0 saturated heterocycles. The van der Waals surface area contributed by atoms with E-state index in [-0.39, 0.29) is 16.8 Å². The zero-order valence-electron chi connectivity index (χ0n) is 16.5. The summed E-state index contributed by atoms with van der Waals surface area (Å²) in [5.41, 5.74) is 0.0965. The number of hydrogen-bond donors (Lipinski definition) is 2. The van der Waals surface area contributed by atoms with Crippen LogP contribution in [0.2, 0.25) is 18.1 Å². The SMILES string of the molecule is CN(C)CC(CCCNc1nc(C(=O)O)cs1)O[Si](C)(C)C(C)(C)C. The Balaban J connectivity index is 2.51. The highest BCUT2D eigenvalue weighted by molar-refractivity contribution is 7.13. The number of rotatable bonds is 10. The second-order valence-electron chi connectivity index (χ2n) is 8.17. The molecule has 1 aromatic rings. The summed E-state index contributed by atoms with van der Waals surface area (Å²) in [7, 11) is 2.35. The zero-order chi connectivity index (χ0) is 19.3. The first-order valence-electron chi connectivity index (χ1n) is 8.67. The van der Waals surface area contributed by atoms with Gasteiger partial charge >= 0.3 is 5.97 Å². The van der Waals surface area contributed by atoms with Crippen LogP contribution in [0.1, 0.15) is 44.1 Å². The van der Waals surface area contributed by atoms with E-state index in [9.17, 15) is 4.79 Å². The zero-order valence-corrected chi connectivity index (χ0v) is 18.4. The Kier molecular flexibility index (Phi) is 8.05. The lowest BCUT2D eigenvalue weighted by Gasteiger charge is -2.40. The number of nitrogens with one attached hydrogen (secondary N) is 1. The van der Waals surface area contributed by atoms with Crippen molar-refractivity contribution in [2.24, 2.45) is 0 Å². The van der Waals surface area contributed by atoms with E-state index in [1.54, 1.807) is 5.38 Å². The number of thiazole rings is 1. The van der Waals surface area contributed by atoms with Crippen molar-refractivity contribution in [1.29, 1.82) is 0 Å². The maximum atomic E-state index is 10.8.